The molecule has 1 aromatic carbocycles. The summed E-state index contributed by atoms with van der Waals surface area (Å²) in [5.74, 6) is -0.659. The van der Waals surface area contributed by atoms with Crippen molar-refractivity contribution in [2.24, 2.45) is 0 Å². The number of aromatic nitrogens is 2. The number of ether oxygens (including phenoxy) is 1. The molecule has 0 aliphatic rings. The third-order valence-electron chi connectivity index (χ3n) is 3.23. The number of carbonyl (C=O) groups excluding carboxylic acids is 1. The average molecular weight is 413 g/mol. The first-order valence-electron chi connectivity index (χ1n) is 7.42. The van der Waals surface area contributed by atoms with E-state index in [4.69, 9.17) is 4.74 Å². The highest BCUT2D eigenvalue weighted by atomic mass is 32.1. The van der Waals surface area contributed by atoms with Crippen molar-refractivity contribution < 1.29 is 35.9 Å². The zero-order chi connectivity index (χ0) is 20.4. The molecule has 0 bridgehead atoms. The lowest BCUT2D eigenvalue weighted by Crippen LogP contribution is -2.40. The maximum atomic E-state index is 12.6. The fourth-order valence-corrected chi connectivity index (χ4v) is 2.68. The molecule has 1 amide bonds. The molecule has 12 heteroatoms. The van der Waals surface area contributed by atoms with Crippen LogP contribution < -0.4 is 9.64 Å². The number of hydrogen-bond donors (Lipinski definition) is 0. The number of halogens is 6. The van der Waals surface area contributed by atoms with Gasteiger partial charge in [-0.1, -0.05) is 16.4 Å². The van der Waals surface area contributed by atoms with Gasteiger partial charge in [-0.15, -0.1) is 5.10 Å². The molecule has 1 aromatic heterocycles. The van der Waals surface area contributed by atoms with E-state index >= 15 is 0 Å². The van der Waals surface area contributed by atoms with E-state index in [9.17, 15) is 31.1 Å². The Labute approximate surface area is 153 Å². The van der Waals surface area contributed by atoms with E-state index in [2.05, 4.69) is 10.2 Å². The third kappa shape index (κ3) is 5.31. The second kappa shape index (κ2) is 7.71. The summed E-state index contributed by atoms with van der Waals surface area (Å²) >= 11 is 0.137. The monoisotopic (exact) mass is 413 g/mol. The summed E-state index contributed by atoms with van der Waals surface area (Å²) in [5.41, 5.74) is -0.674. The first-order chi connectivity index (χ1) is 12.4. The van der Waals surface area contributed by atoms with E-state index in [0.29, 0.717) is 0 Å². The maximum absolute atomic E-state index is 12.6. The average Bonchev–Trinajstić information content (AvgIpc) is 3.01. The number of anilines is 1. The Morgan fingerprint density at radius 1 is 1.07 bits per heavy atom. The highest BCUT2D eigenvalue weighted by Gasteiger charge is 2.36. The molecule has 27 heavy (non-hydrogen) atoms. The topological polar surface area (TPSA) is 55.3 Å². The molecule has 0 unspecified atom stereocenters. The van der Waals surface area contributed by atoms with Gasteiger partial charge in [-0.3, -0.25) is 4.79 Å². The van der Waals surface area contributed by atoms with E-state index in [1.165, 1.54) is 4.90 Å². The number of alkyl halides is 6. The SMILES string of the molecule is CC(C)N(C(=O)COc1nnc(C(F)(F)F)s1)c1ccc(C(F)(F)F)cc1. The van der Waals surface area contributed by atoms with E-state index in [-0.39, 0.29) is 17.0 Å². The Balaban J connectivity index is 2.10. The molecule has 0 radical (unpaired) electrons. The van der Waals surface area contributed by atoms with Crippen LogP contribution in [0.2, 0.25) is 0 Å². The van der Waals surface area contributed by atoms with Crippen LogP contribution in [0.15, 0.2) is 24.3 Å². The smallest absolute Gasteiger partial charge is 0.445 e. The molecule has 0 N–H and O–H groups in total. The van der Waals surface area contributed by atoms with Gasteiger partial charge < -0.3 is 9.64 Å². The molecule has 1 heterocycles. The Morgan fingerprint density at radius 2 is 1.67 bits per heavy atom. The molecule has 0 fully saturated rings. The summed E-state index contributed by atoms with van der Waals surface area (Å²) in [6, 6.07) is 3.50. The summed E-state index contributed by atoms with van der Waals surface area (Å²) < 4.78 is 80.3. The first kappa shape index (κ1) is 20.9. The van der Waals surface area contributed by atoms with E-state index in [1.54, 1.807) is 13.8 Å². The van der Waals surface area contributed by atoms with Gasteiger partial charge in [0.15, 0.2) is 6.61 Å². The Bertz CT molecular complexity index is 786. The van der Waals surface area contributed by atoms with Gasteiger partial charge in [-0.2, -0.15) is 26.3 Å². The Morgan fingerprint density at radius 3 is 2.11 bits per heavy atom. The fraction of sp³-hybridized carbons (Fsp3) is 0.400. The Hall–Kier alpha value is -2.37. The molecule has 2 aromatic rings. The number of benzene rings is 1. The van der Waals surface area contributed by atoms with E-state index in [0.717, 1.165) is 24.3 Å². The lowest BCUT2D eigenvalue weighted by molar-refractivity contribution is -0.138. The van der Waals surface area contributed by atoms with Crippen LogP contribution in [0.25, 0.3) is 0 Å². The summed E-state index contributed by atoms with van der Waals surface area (Å²) in [5, 5.41) is 4.47. The number of hydrogen-bond acceptors (Lipinski definition) is 5. The minimum atomic E-state index is -4.67. The highest BCUT2D eigenvalue weighted by molar-refractivity contribution is 7.13. The standard InChI is InChI=1S/C15H13F6N3O2S/c1-8(2)24(10-5-3-9(4-6-10)14(16,17)18)11(25)7-26-13-23-22-12(27-13)15(19,20)21/h3-6,8H,7H2,1-2H3. The molecule has 0 saturated heterocycles. The zero-order valence-corrected chi connectivity index (χ0v) is 14.7. The van der Waals surface area contributed by atoms with Gasteiger partial charge in [0.1, 0.15) is 0 Å². The van der Waals surface area contributed by atoms with Crippen molar-refractivity contribution in [3.63, 3.8) is 0 Å². The van der Waals surface area contributed by atoms with Crippen molar-refractivity contribution >= 4 is 22.9 Å². The molecule has 0 saturated carbocycles. The largest absolute Gasteiger partial charge is 0.459 e. The number of carbonyl (C=O) groups is 1. The lowest BCUT2D eigenvalue weighted by atomic mass is 10.1. The normalized spacial score (nSPS) is 12.3. The minimum absolute atomic E-state index is 0.137. The molecule has 0 aliphatic heterocycles. The van der Waals surface area contributed by atoms with Crippen molar-refractivity contribution in [1.29, 1.82) is 0 Å². The van der Waals surface area contributed by atoms with Crippen LogP contribution in [0.3, 0.4) is 0 Å². The Kier molecular flexibility index (Phi) is 5.97. The van der Waals surface area contributed by atoms with Gasteiger partial charge in [0.2, 0.25) is 5.01 Å². The summed E-state index contributed by atoms with van der Waals surface area (Å²) in [6.45, 7) is 2.61. The molecular weight excluding hydrogens is 400 g/mol. The van der Waals surface area contributed by atoms with E-state index < -0.39 is 46.7 Å². The minimum Gasteiger partial charge on any atom is -0.459 e. The maximum Gasteiger partial charge on any atom is 0.445 e. The summed E-state index contributed by atoms with van der Waals surface area (Å²) in [7, 11) is 0. The molecule has 0 aliphatic carbocycles. The van der Waals surface area contributed by atoms with Crippen LogP contribution in [0.1, 0.15) is 24.4 Å². The van der Waals surface area contributed by atoms with Crippen LogP contribution in [0.5, 0.6) is 5.19 Å². The van der Waals surface area contributed by atoms with Crippen LogP contribution in [-0.2, 0) is 17.1 Å². The molecule has 5 nitrogen and oxygen atoms in total. The van der Waals surface area contributed by atoms with Crippen molar-refractivity contribution in [2.45, 2.75) is 32.2 Å². The second-order valence-corrected chi connectivity index (χ2v) is 6.50. The van der Waals surface area contributed by atoms with Gasteiger partial charge in [0.25, 0.3) is 11.1 Å². The van der Waals surface area contributed by atoms with Gasteiger partial charge in [-0.25, -0.2) is 0 Å². The number of rotatable bonds is 5. The summed E-state index contributed by atoms with van der Waals surface area (Å²) in [4.78, 5) is 13.5. The van der Waals surface area contributed by atoms with Crippen molar-refractivity contribution in [3.05, 3.63) is 34.8 Å². The van der Waals surface area contributed by atoms with Crippen molar-refractivity contribution in [2.75, 3.05) is 11.5 Å². The van der Waals surface area contributed by atoms with Gasteiger partial charge in [0.05, 0.1) is 5.56 Å². The molecular formula is C15H13F6N3O2S. The summed E-state index contributed by atoms with van der Waals surface area (Å²) in [6.07, 6.45) is -9.18. The molecule has 0 atom stereocenters. The van der Waals surface area contributed by atoms with Crippen LogP contribution in [0, 0.1) is 0 Å². The van der Waals surface area contributed by atoms with Crippen molar-refractivity contribution in [1.82, 2.24) is 10.2 Å². The first-order valence-corrected chi connectivity index (χ1v) is 8.24. The lowest BCUT2D eigenvalue weighted by Gasteiger charge is -2.27. The number of amides is 1. The third-order valence-corrected chi connectivity index (χ3v) is 4.11. The molecule has 0 spiro atoms. The van der Waals surface area contributed by atoms with Crippen LogP contribution in [-0.4, -0.2) is 28.8 Å². The van der Waals surface area contributed by atoms with Crippen molar-refractivity contribution in [3.8, 4) is 5.19 Å². The van der Waals surface area contributed by atoms with Crippen LogP contribution >= 0.6 is 11.3 Å². The van der Waals surface area contributed by atoms with Gasteiger partial charge >= 0.3 is 12.4 Å². The fourth-order valence-electron chi connectivity index (χ4n) is 2.12. The predicted octanol–water partition coefficient (Wildman–Crippen LogP) is 4.40. The zero-order valence-electron chi connectivity index (χ0n) is 13.9. The highest BCUT2D eigenvalue weighted by Crippen LogP contribution is 2.34. The van der Waals surface area contributed by atoms with Gasteiger partial charge in [0, 0.05) is 11.7 Å². The van der Waals surface area contributed by atoms with Crippen LogP contribution in [0.4, 0.5) is 32.0 Å². The second-order valence-electron chi connectivity index (χ2n) is 5.56. The number of nitrogens with zero attached hydrogens (tertiary/aromatic N) is 3. The predicted molar refractivity (Wildman–Crippen MR) is 84.5 cm³/mol. The van der Waals surface area contributed by atoms with Gasteiger partial charge in [-0.05, 0) is 38.1 Å². The molecule has 148 valence electrons. The molecule has 2 rings (SSSR count). The van der Waals surface area contributed by atoms with E-state index in [1.807, 2.05) is 0 Å². The quantitative estimate of drug-likeness (QED) is 0.682.